The van der Waals surface area contributed by atoms with E-state index in [4.69, 9.17) is 5.73 Å². The zero-order valence-corrected chi connectivity index (χ0v) is 10.1. The Hall–Kier alpha value is -2.20. The maximum Gasteiger partial charge on any atom is 0.143 e. The number of nitrogens with two attached hydrogens (primary N) is 1. The van der Waals surface area contributed by atoms with E-state index in [-0.39, 0.29) is 6.04 Å². The molecule has 0 radical (unpaired) electrons. The van der Waals surface area contributed by atoms with Gasteiger partial charge in [-0.05, 0) is 25.1 Å². The molecule has 4 heteroatoms. The molecule has 0 aliphatic rings. The minimum atomic E-state index is -0.0603. The second-order valence-electron chi connectivity index (χ2n) is 4.31. The first kappa shape index (κ1) is 10.9. The number of hydrogen-bond acceptors (Lipinski definition) is 3. The molecule has 1 atom stereocenters. The molecule has 2 N–H and O–H groups in total. The SMILES string of the molecule is C[C@H](N)c1cccnc1-n1cnc2ccccc21. The van der Waals surface area contributed by atoms with Gasteiger partial charge in [-0.15, -0.1) is 0 Å². The second-order valence-corrected chi connectivity index (χ2v) is 4.31. The molecule has 1 aromatic carbocycles. The summed E-state index contributed by atoms with van der Waals surface area (Å²) in [5.41, 5.74) is 9.00. The summed E-state index contributed by atoms with van der Waals surface area (Å²) in [7, 11) is 0. The minimum absolute atomic E-state index is 0.0603. The van der Waals surface area contributed by atoms with Crippen molar-refractivity contribution in [1.82, 2.24) is 14.5 Å². The Bertz CT molecular complexity index is 685. The Morgan fingerprint density at radius 1 is 1.11 bits per heavy atom. The second kappa shape index (κ2) is 4.23. The van der Waals surface area contributed by atoms with Crippen molar-refractivity contribution in [2.24, 2.45) is 5.73 Å². The quantitative estimate of drug-likeness (QED) is 0.746. The minimum Gasteiger partial charge on any atom is -0.324 e. The zero-order valence-electron chi connectivity index (χ0n) is 10.1. The number of hydrogen-bond donors (Lipinski definition) is 1. The van der Waals surface area contributed by atoms with E-state index in [2.05, 4.69) is 9.97 Å². The predicted octanol–water partition coefficient (Wildman–Crippen LogP) is 2.44. The van der Waals surface area contributed by atoms with Crippen molar-refractivity contribution in [2.45, 2.75) is 13.0 Å². The lowest BCUT2D eigenvalue weighted by molar-refractivity contribution is 0.794. The lowest BCUT2D eigenvalue weighted by Gasteiger charge is -2.12. The highest BCUT2D eigenvalue weighted by Gasteiger charge is 2.11. The molecule has 2 aromatic heterocycles. The van der Waals surface area contributed by atoms with Crippen molar-refractivity contribution in [3.05, 3.63) is 54.5 Å². The first-order chi connectivity index (χ1) is 8.77. The largest absolute Gasteiger partial charge is 0.324 e. The molecule has 4 nitrogen and oxygen atoms in total. The van der Waals surface area contributed by atoms with Crippen LogP contribution >= 0.6 is 0 Å². The van der Waals surface area contributed by atoms with Gasteiger partial charge in [0.25, 0.3) is 0 Å². The summed E-state index contributed by atoms with van der Waals surface area (Å²) in [6.45, 7) is 1.96. The summed E-state index contributed by atoms with van der Waals surface area (Å²) in [4.78, 5) is 8.81. The van der Waals surface area contributed by atoms with E-state index in [0.29, 0.717) is 0 Å². The van der Waals surface area contributed by atoms with Crippen molar-refractivity contribution in [3.63, 3.8) is 0 Å². The van der Waals surface area contributed by atoms with Crippen LogP contribution in [0, 0.1) is 0 Å². The predicted molar refractivity (Wildman–Crippen MR) is 71.5 cm³/mol. The highest BCUT2D eigenvalue weighted by Crippen LogP contribution is 2.22. The Labute approximate surface area is 105 Å². The molecule has 0 bridgehead atoms. The Balaban J connectivity index is 2.27. The fraction of sp³-hybridized carbons (Fsp3) is 0.143. The number of aromatic nitrogens is 3. The van der Waals surface area contributed by atoms with Crippen LogP contribution in [-0.2, 0) is 0 Å². The summed E-state index contributed by atoms with van der Waals surface area (Å²) < 4.78 is 1.98. The topological polar surface area (TPSA) is 56.7 Å². The molecule has 2 heterocycles. The van der Waals surface area contributed by atoms with Crippen LogP contribution in [0.25, 0.3) is 16.9 Å². The number of rotatable bonds is 2. The molecule has 0 amide bonds. The van der Waals surface area contributed by atoms with E-state index in [9.17, 15) is 0 Å². The molecule has 0 saturated heterocycles. The van der Waals surface area contributed by atoms with Gasteiger partial charge < -0.3 is 5.73 Å². The van der Waals surface area contributed by atoms with Gasteiger partial charge in [0.1, 0.15) is 12.1 Å². The highest BCUT2D eigenvalue weighted by atomic mass is 15.1. The van der Waals surface area contributed by atoms with Gasteiger partial charge in [-0.1, -0.05) is 18.2 Å². The smallest absolute Gasteiger partial charge is 0.143 e. The summed E-state index contributed by atoms with van der Waals surface area (Å²) in [5.74, 6) is 0.848. The number of imidazole rings is 1. The van der Waals surface area contributed by atoms with Gasteiger partial charge in [-0.3, -0.25) is 4.57 Å². The van der Waals surface area contributed by atoms with Gasteiger partial charge in [0.15, 0.2) is 0 Å². The van der Waals surface area contributed by atoms with Crippen molar-refractivity contribution in [3.8, 4) is 5.82 Å². The number of para-hydroxylation sites is 2. The normalized spacial score (nSPS) is 12.8. The number of nitrogens with zero attached hydrogens (tertiary/aromatic N) is 3. The Kier molecular flexibility index (Phi) is 2.57. The zero-order chi connectivity index (χ0) is 12.5. The van der Waals surface area contributed by atoms with Crippen LogP contribution in [0.5, 0.6) is 0 Å². The van der Waals surface area contributed by atoms with E-state index in [0.717, 1.165) is 22.4 Å². The third-order valence-corrected chi connectivity index (χ3v) is 2.99. The van der Waals surface area contributed by atoms with Crippen molar-refractivity contribution >= 4 is 11.0 Å². The molecule has 0 saturated carbocycles. The van der Waals surface area contributed by atoms with Gasteiger partial charge in [0, 0.05) is 17.8 Å². The average molecular weight is 238 g/mol. The Morgan fingerprint density at radius 2 is 1.94 bits per heavy atom. The molecule has 0 spiro atoms. The summed E-state index contributed by atoms with van der Waals surface area (Å²) in [6, 6.07) is 11.8. The summed E-state index contributed by atoms with van der Waals surface area (Å²) in [5, 5.41) is 0. The molecule has 0 aliphatic heterocycles. The van der Waals surface area contributed by atoms with E-state index >= 15 is 0 Å². The lowest BCUT2D eigenvalue weighted by atomic mass is 10.1. The lowest BCUT2D eigenvalue weighted by Crippen LogP contribution is -2.10. The van der Waals surface area contributed by atoms with Gasteiger partial charge in [-0.25, -0.2) is 9.97 Å². The van der Waals surface area contributed by atoms with Gasteiger partial charge in [0.05, 0.1) is 11.0 Å². The molecule has 3 rings (SSSR count). The van der Waals surface area contributed by atoms with Gasteiger partial charge in [0.2, 0.25) is 0 Å². The number of benzene rings is 1. The van der Waals surface area contributed by atoms with Gasteiger partial charge >= 0.3 is 0 Å². The summed E-state index contributed by atoms with van der Waals surface area (Å²) in [6.07, 6.45) is 3.56. The number of pyridine rings is 1. The standard InChI is InChI=1S/C14H14N4/c1-10(15)11-5-4-8-16-14(11)18-9-17-12-6-2-3-7-13(12)18/h2-10H,15H2,1H3/t10-/m0/s1. The summed E-state index contributed by atoms with van der Waals surface area (Å²) >= 11 is 0. The molecule has 18 heavy (non-hydrogen) atoms. The van der Waals surface area contributed by atoms with Crippen molar-refractivity contribution in [2.75, 3.05) is 0 Å². The molecule has 0 unspecified atom stereocenters. The van der Waals surface area contributed by atoms with Crippen molar-refractivity contribution < 1.29 is 0 Å². The highest BCUT2D eigenvalue weighted by molar-refractivity contribution is 5.77. The molecule has 0 aliphatic carbocycles. The fourth-order valence-corrected chi connectivity index (χ4v) is 2.09. The van der Waals surface area contributed by atoms with E-state index in [1.807, 2.05) is 47.9 Å². The van der Waals surface area contributed by atoms with Crippen LogP contribution in [0.15, 0.2) is 48.9 Å². The van der Waals surface area contributed by atoms with Crippen LogP contribution in [-0.4, -0.2) is 14.5 Å². The third-order valence-electron chi connectivity index (χ3n) is 2.99. The maximum absolute atomic E-state index is 5.99. The third kappa shape index (κ3) is 1.67. The van der Waals surface area contributed by atoms with Crippen LogP contribution in [0.4, 0.5) is 0 Å². The molecule has 0 fully saturated rings. The first-order valence-electron chi connectivity index (χ1n) is 5.90. The van der Waals surface area contributed by atoms with Crippen LogP contribution in [0.3, 0.4) is 0 Å². The molecule has 90 valence electrons. The van der Waals surface area contributed by atoms with Crippen molar-refractivity contribution in [1.29, 1.82) is 0 Å². The Morgan fingerprint density at radius 3 is 2.78 bits per heavy atom. The molecule has 3 aromatic rings. The monoisotopic (exact) mass is 238 g/mol. The fourth-order valence-electron chi connectivity index (χ4n) is 2.09. The van der Waals surface area contributed by atoms with E-state index in [1.165, 1.54) is 0 Å². The molecular formula is C14H14N4. The van der Waals surface area contributed by atoms with Crippen LogP contribution < -0.4 is 5.73 Å². The average Bonchev–Trinajstić information content (AvgIpc) is 2.82. The van der Waals surface area contributed by atoms with Crippen LogP contribution in [0.1, 0.15) is 18.5 Å². The van der Waals surface area contributed by atoms with E-state index in [1.54, 1.807) is 12.5 Å². The number of fused-ring (bicyclic) bond motifs is 1. The van der Waals surface area contributed by atoms with Gasteiger partial charge in [-0.2, -0.15) is 0 Å². The van der Waals surface area contributed by atoms with Crippen LogP contribution in [0.2, 0.25) is 0 Å². The maximum atomic E-state index is 5.99. The van der Waals surface area contributed by atoms with E-state index < -0.39 is 0 Å². The molecular weight excluding hydrogens is 224 g/mol. The first-order valence-corrected chi connectivity index (χ1v) is 5.90.